The fourth-order valence-corrected chi connectivity index (χ4v) is 2.70. The normalized spacial score (nSPS) is 17.0. The van der Waals surface area contributed by atoms with Crippen LogP contribution in [-0.4, -0.2) is 35.4 Å². The molecular weight excluding hydrogens is 319 g/mol. The summed E-state index contributed by atoms with van der Waals surface area (Å²) in [6, 6.07) is 7.13. The molecule has 3 heterocycles. The van der Waals surface area contributed by atoms with Crippen LogP contribution in [0.4, 0.5) is 16.0 Å². The van der Waals surface area contributed by atoms with Gasteiger partial charge in [0.25, 0.3) is 0 Å². The van der Waals surface area contributed by atoms with Crippen LogP contribution in [0.15, 0.2) is 30.5 Å². The molecule has 23 heavy (non-hydrogen) atoms. The van der Waals surface area contributed by atoms with E-state index in [1.54, 1.807) is 12.1 Å². The number of halogens is 2. The first kappa shape index (κ1) is 16.0. The van der Waals surface area contributed by atoms with Crippen LogP contribution in [0.5, 0.6) is 0 Å². The maximum Gasteiger partial charge on any atom is 0.132 e. The van der Waals surface area contributed by atoms with Crippen molar-refractivity contribution in [3.63, 3.8) is 0 Å². The number of rotatable bonds is 4. The van der Waals surface area contributed by atoms with E-state index in [0.717, 1.165) is 0 Å². The molecule has 5 nitrogen and oxygen atoms in total. The molecule has 0 atom stereocenters. The molecule has 3 rings (SSSR count). The van der Waals surface area contributed by atoms with Crippen molar-refractivity contribution in [1.29, 1.82) is 0 Å². The highest BCUT2D eigenvalue weighted by Gasteiger charge is 2.32. The SMILES string of the molecule is Nc1cc(-c2cccc(NCC3(F)CCOCC3)n2)c(Cl)cn1. The van der Waals surface area contributed by atoms with E-state index >= 15 is 0 Å². The van der Waals surface area contributed by atoms with Crippen molar-refractivity contribution in [3.05, 3.63) is 35.5 Å². The van der Waals surface area contributed by atoms with Gasteiger partial charge in [-0.25, -0.2) is 14.4 Å². The lowest BCUT2D eigenvalue weighted by Crippen LogP contribution is -2.38. The summed E-state index contributed by atoms with van der Waals surface area (Å²) in [6.07, 6.45) is 2.28. The first-order valence-electron chi connectivity index (χ1n) is 7.45. The van der Waals surface area contributed by atoms with Crippen molar-refractivity contribution >= 4 is 23.2 Å². The molecule has 7 heteroatoms. The number of hydrogen-bond donors (Lipinski definition) is 2. The van der Waals surface area contributed by atoms with Crippen LogP contribution in [-0.2, 0) is 4.74 Å². The molecule has 0 bridgehead atoms. The number of alkyl halides is 1. The number of anilines is 2. The lowest BCUT2D eigenvalue weighted by atomic mass is 9.96. The van der Waals surface area contributed by atoms with Crippen LogP contribution in [0.25, 0.3) is 11.3 Å². The van der Waals surface area contributed by atoms with Gasteiger partial charge < -0.3 is 15.8 Å². The average molecular weight is 337 g/mol. The molecule has 0 aliphatic carbocycles. The van der Waals surface area contributed by atoms with Gasteiger partial charge in [0.15, 0.2) is 0 Å². The van der Waals surface area contributed by atoms with Crippen molar-refractivity contribution in [2.75, 3.05) is 30.8 Å². The number of nitrogens with zero attached hydrogens (tertiary/aromatic N) is 2. The summed E-state index contributed by atoms with van der Waals surface area (Å²) in [5.74, 6) is 0.965. The molecular formula is C16H18ClFN4O. The zero-order valence-electron chi connectivity index (χ0n) is 12.6. The predicted octanol–water partition coefficient (Wildman–Crippen LogP) is 3.31. The van der Waals surface area contributed by atoms with Crippen molar-refractivity contribution < 1.29 is 9.13 Å². The van der Waals surface area contributed by atoms with Gasteiger partial charge in [-0.1, -0.05) is 17.7 Å². The minimum absolute atomic E-state index is 0.207. The minimum atomic E-state index is -1.26. The topological polar surface area (TPSA) is 73.1 Å². The number of nitrogens with two attached hydrogens (primary N) is 1. The van der Waals surface area contributed by atoms with Crippen LogP contribution in [0.3, 0.4) is 0 Å². The summed E-state index contributed by atoms with van der Waals surface area (Å²) in [5, 5.41) is 3.54. The summed E-state index contributed by atoms with van der Waals surface area (Å²) in [6.45, 7) is 1.12. The summed E-state index contributed by atoms with van der Waals surface area (Å²) in [7, 11) is 0. The standard InChI is InChI=1S/C16H18ClFN4O/c17-12-9-20-14(19)8-11(12)13-2-1-3-15(22-13)21-10-16(18)4-6-23-7-5-16/h1-3,8-9H,4-7,10H2,(H2,19,20)(H,21,22). The van der Waals surface area contributed by atoms with E-state index in [9.17, 15) is 4.39 Å². The highest BCUT2D eigenvalue weighted by molar-refractivity contribution is 6.33. The van der Waals surface area contributed by atoms with Crippen molar-refractivity contribution in [2.45, 2.75) is 18.5 Å². The fraction of sp³-hybridized carbons (Fsp3) is 0.375. The number of hydrogen-bond acceptors (Lipinski definition) is 5. The van der Waals surface area contributed by atoms with Crippen LogP contribution in [0.2, 0.25) is 5.02 Å². The van der Waals surface area contributed by atoms with Gasteiger partial charge in [0.1, 0.15) is 17.3 Å². The van der Waals surface area contributed by atoms with E-state index in [0.29, 0.717) is 54.0 Å². The Balaban J connectivity index is 1.76. The molecule has 0 unspecified atom stereocenters. The molecule has 1 aliphatic rings. The summed E-state index contributed by atoms with van der Waals surface area (Å²) in [4.78, 5) is 8.42. The van der Waals surface area contributed by atoms with Gasteiger partial charge in [-0.05, 0) is 18.2 Å². The number of aromatic nitrogens is 2. The lowest BCUT2D eigenvalue weighted by molar-refractivity contribution is -0.00118. The maximum absolute atomic E-state index is 14.6. The van der Waals surface area contributed by atoms with Gasteiger partial charge in [0, 0.05) is 37.8 Å². The van der Waals surface area contributed by atoms with Crippen molar-refractivity contribution in [1.82, 2.24) is 9.97 Å². The molecule has 0 aromatic carbocycles. The van der Waals surface area contributed by atoms with E-state index in [1.165, 1.54) is 6.20 Å². The number of pyridine rings is 2. The Kier molecular flexibility index (Phi) is 4.63. The zero-order chi connectivity index (χ0) is 16.3. The van der Waals surface area contributed by atoms with Gasteiger partial charge >= 0.3 is 0 Å². The van der Waals surface area contributed by atoms with Crippen molar-refractivity contribution in [3.8, 4) is 11.3 Å². The molecule has 0 saturated carbocycles. The second-order valence-corrected chi connectivity index (χ2v) is 6.02. The molecule has 1 saturated heterocycles. The second-order valence-electron chi connectivity index (χ2n) is 5.61. The minimum Gasteiger partial charge on any atom is -0.384 e. The van der Waals surface area contributed by atoms with Gasteiger partial charge in [0.05, 0.1) is 17.3 Å². The summed E-state index contributed by atoms with van der Waals surface area (Å²) < 4.78 is 19.8. The largest absolute Gasteiger partial charge is 0.384 e. The Labute approximate surface area is 139 Å². The van der Waals surface area contributed by atoms with E-state index in [-0.39, 0.29) is 6.54 Å². The third-order valence-corrected chi connectivity index (χ3v) is 4.18. The summed E-state index contributed by atoms with van der Waals surface area (Å²) in [5.41, 5.74) is 5.81. The monoisotopic (exact) mass is 336 g/mol. The molecule has 3 N–H and O–H groups in total. The molecule has 1 aliphatic heterocycles. The highest BCUT2D eigenvalue weighted by atomic mass is 35.5. The Morgan fingerprint density at radius 2 is 2.13 bits per heavy atom. The van der Waals surface area contributed by atoms with Crippen molar-refractivity contribution in [2.24, 2.45) is 0 Å². The quantitative estimate of drug-likeness (QED) is 0.896. The fourth-order valence-electron chi connectivity index (χ4n) is 2.50. The molecule has 2 aromatic rings. The molecule has 0 spiro atoms. The number of nitrogens with one attached hydrogen (secondary N) is 1. The Hall–Kier alpha value is -1.92. The smallest absolute Gasteiger partial charge is 0.132 e. The van der Waals surface area contributed by atoms with Gasteiger partial charge in [-0.15, -0.1) is 0 Å². The second kappa shape index (κ2) is 6.68. The molecule has 122 valence electrons. The molecule has 0 amide bonds. The Morgan fingerprint density at radius 3 is 2.91 bits per heavy atom. The maximum atomic E-state index is 14.6. The van der Waals surface area contributed by atoms with Crippen LogP contribution in [0.1, 0.15) is 12.8 Å². The van der Waals surface area contributed by atoms with Crippen LogP contribution >= 0.6 is 11.6 Å². The van der Waals surface area contributed by atoms with E-state index < -0.39 is 5.67 Å². The zero-order valence-corrected chi connectivity index (χ0v) is 13.3. The van der Waals surface area contributed by atoms with E-state index in [1.807, 2.05) is 12.1 Å². The molecule has 0 radical (unpaired) electrons. The number of nitrogen functional groups attached to an aromatic ring is 1. The third-order valence-electron chi connectivity index (χ3n) is 3.88. The van der Waals surface area contributed by atoms with Crippen LogP contribution in [0, 0.1) is 0 Å². The summed E-state index contributed by atoms with van der Waals surface area (Å²) >= 11 is 6.15. The predicted molar refractivity (Wildman–Crippen MR) is 89.3 cm³/mol. The first-order chi connectivity index (χ1) is 11.1. The Bertz CT molecular complexity index is 692. The molecule has 1 fully saturated rings. The Morgan fingerprint density at radius 1 is 1.35 bits per heavy atom. The van der Waals surface area contributed by atoms with Gasteiger partial charge in [-0.2, -0.15) is 0 Å². The van der Waals surface area contributed by atoms with E-state index in [2.05, 4.69) is 15.3 Å². The number of ether oxygens (including phenoxy) is 1. The van der Waals surface area contributed by atoms with Crippen LogP contribution < -0.4 is 11.1 Å². The first-order valence-corrected chi connectivity index (χ1v) is 7.83. The third kappa shape index (κ3) is 3.89. The van der Waals surface area contributed by atoms with E-state index in [4.69, 9.17) is 22.1 Å². The highest BCUT2D eigenvalue weighted by Crippen LogP contribution is 2.29. The lowest BCUT2D eigenvalue weighted by Gasteiger charge is -2.29. The molecule has 2 aromatic heterocycles. The van der Waals surface area contributed by atoms with Gasteiger partial charge in [-0.3, -0.25) is 0 Å². The van der Waals surface area contributed by atoms with Gasteiger partial charge in [0.2, 0.25) is 0 Å². The average Bonchev–Trinajstić information content (AvgIpc) is 2.56.